The van der Waals surface area contributed by atoms with E-state index in [0.29, 0.717) is 36.1 Å². The lowest BCUT2D eigenvalue weighted by Gasteiger charge is -2.36. The van der Waals surface area contributed by atoms with E-state index in [1.165, 1.54) is 16.4 Å². The number of halogens is 3. The average molecular weight is 605 g/mol. The van der Waals surface area contributed by atoms with Crippen LogP contribution in [0.1, 0.15) is 41.3 Å². The maximum absolute atomic E-state index is 15.0. The quantitative estimate of drug-likeness (QED) is 0.338. The Morgan fingerprint density at radius 3 is 2.33 bits per heavy atom. The van der Waals surface area contributed by atoms with Crippen molar-refractivity contribution in [2.45, 2.75) is 43.2 Å². The van der Waals surface area contributed by atoms with Crippen molar-refractivity contribution >= 4 is 39.1 Å². The van der Waals surface area contributed by atoms with Gasteiger partial charge in [-0.15, -0.1) is 0 Å². The summed E-state index contributed by atoms with van der Waals surface area (Å²) in [5.74, 6) is -1.17. The number of benzene rings is 3. The van der Waals surface area contributed by atoms with Crippen LogP contribution in [-0.2, 0) is 23.0 Å². The van der Waals surface area contributed by atoms with E-state index >= 15 is 0 Å². The molecule has 1 unspecified atom stereocenters. The summed E-state index contributed by atoms with van der Waals surface area (Å²) in [6, 6.07) is 19.1. The van der Waals surface area contributed by atoms with Crippen molar-refractivity contribution in [2.24, 2.45) is 0 Å². The van der Waals surface area contributed by atoms with Gasteiger partial charge in [-0.25, -0.2) is 12.8 Å². The van der Waals surface area contributed by atoms with E-state index in [9.17, 15) is 17.6 Å². The molecule has 0 spiro atoms. The lowest BCUT2D eigenvalue weighted by Crippen LogP contribution is -2.48. The summed E-state index contributed by atoms with van der Waals surface area (Å²) >= 11 is 12.3. The van der Waals surface area contributed by atoms with Gasteiger partial charge in [0.1, 0.15) is 10.7 Å². The number of piperazine rings is 1. The van der Waals surface area contributed by atoms with Crippen LogP contribution in [-0.4, -0.2) is 66.7 Å². The fraction of sp³-hybridized carbons (Fsp3) is 0.367. The molecule has 212 valence electrons. The molecule has 3 aromatic rings. The van der Waals surface area contributed by atoms with Crippen LogP contribution in [0.5, 0.6) is 0 Å². The van der Waals surface area contributed by atoms with E-state index in [0.717, 1.165) is 36.6 Å². The maximum atomic E-state index is 15.0. The smallest absolute Gasteiger partial charge is 0.254 e. The first-order chi connectivity index (χ1) is 19.1. The summed E-state index contributed by atoms with van der Waals surface area (Å²) in [6.45, 7) is 4.84. The molecule has 1 atom stereocenters. The maximum Gasteiger partial charge on any atom is 0.254 e. The Bertz CT molecular complexity index is 1500. The lowest BCUT2D eigenvalue weighted by molar-refractivity contribution is 0.0624. The van der Waals surface area contributed by atoms with E-state index < -0.39 is 26.3 Å². The molecule has 40 heavy (non-hydrogen) atoms. The average Bonchev–Trinajstić information content (AvgIpc) is 3.32. The first kappa shape index (κ1) is 29.0. The topological polar surface area (TPSA) is 60.9 Å². The highest BCUT2D eigenvalue weighted by Gasteiger charge is 2.40. The second-order valence-corrected chi connectivity index (χ2v) is 13.5. The van der Waals surface area contributed by atoms with Gasteiger partial charge in [-0.1, -0.05) is 59.6 Å². The number of amides is 1. The molecule has 1 amide bonds. The molecule has 0 aromatic heterocycles. The molecular formula is C30H32Cl2FN3O3S. The summed E-state index contributed by atoms with van der Waals surface area (Å²) in [5.41, 5.74) is 1.76. The Kier molecular flexibility index (Phi) is 8.55. The molecule has 2 aliphatic rings. The van der Waals surface area contributed by atoms with Crippen molar-refractivity contribution in [2.75, 3.05) is 32.7 Å². The summed E-state index contributed by atoms with van der Waals surface area (Å²) < 4.78 is 43.3. The normalized spacial score (nSPS) is 20.6. The Balaban J connectivity index is 1.31. The molecule has 2 aliphatic heterocycles. The van der Waals surface area contributed by atoms with E-state index in [4.69, 9.17) is 23.2 Å². The predicted octanol–water partition coefficient (Wildman–Crippen LogP) is 5.88. The molecule has 0 bridgehead atoms. The Morgan fingerprint density at radius 1 is 0.900 bits per heavy atom. The van der Waals surface area contributed by atoms with Crippen LogP contribution in [0.15, 0.2) is 71.6 Å². The number of nitrogens with zero attached hydrogens (tertiary/aromatic N) is 3. The highest BCUT2D eigenvalue weighted by molar-refractivity contribution is 7.89. The van der Waals surface area contributed by atoms with Crippen molar-refractivity contribution in [1.29, 1.82) is 0 Å². The first-order valence-electron chi connectivity index (χ1n) is 13.4. The number of hydrogen-bond donors (Lipinski definition) is 0. The molecular weight excluding hydrogens is 572 g/mol. The standard InChI is InChI=1S/C30H32Cl2FN3O3S/c1-30(20-23-8-10-25(31)26(32)18-23)12-5-13-36(30)29(37)24-9-11-27(33)28(19-24)40(38,39)35-16-14-34(15-17-35)21-22-6-3-2-4-7-22/h2-4,6-11,18-19H,5,12-17,20-21H2,1H3. The number of carbonyl (C=O) groups is 1. The molecule has 0 aliphatic carbocycles. The third-order valence-corrected chi connectivity index (χ3v) is 10.6. The van der Waals surface area contributed by atoms with E-state index in [1.54, 1.807) is 17.0 Å². The zero-order valence-corrected chi connectivity index (χ0v) is 24.7. The van der Waals surface area contributed by atoms with Crippen LogP contribution in [0.25, 0.3) is 0 Å². The number of likely N-dealkylation sites (tertiary alicyclic amines) is 1. The molecule has 0 saturated carbocycles. The third kappa shape index (κ3) is 6.06. The first-order valence-corrected chi connectivity index (χ1v) is 15.6. The molecule has 2 saturated heterocycles. The van der Waals surface area contributed by atoms with Crippen LogP contribution in [0.2, 0.25) is 10.0 Å². The molecule has 0 N–H and O–H groups in total. The minimum atomic E-state index is -4.12. The largest absolute Gasteiger partial charge is 0.333 e. The number of hydrogen-bond acceptors (Lipinski definition) is 4. The van der Waals surface area contributed by atoms with Gasteiger partial charge in [-0.3, -0.25) is 9.69 Å². The fourth-order valence-electron chi connectivity index (χ4n) is 5.74. The van der Waals surface area contributed by atoms with Gasteiger partial charge >= 0.3 is 0 Å². The van der Waals surface area contributed by atoms with Gasteiger partial charge in [0.15, 0.2) is 0 Å². The summed E-state index contributed by atoms with van der Waals surface area (Å²) in [6.07, 6.45) is 2.15. The molecule has 5 rings (SSSR count). The number of sulfonamides is 1. The van der Waals surface area contributed by atoms with E-state index in [2.05, 4.69) is 4.90 Å². The zero-order chi connectivity index (χ0) is 28.5. The second-order valence-electron chi connectivity index (χ2n) is 10.8. The van der Waals surface area contributed by atoms with Crippen molar-refractivity contribution in [3.05, 3.63) is 99.3 Å². The molecule has 0 radical (unpaired) electrons. The van der Waals surface area contributed by atoms with Crippen molar-refractivity contribution in [3.8, 4) is 0 Å². The molecule has 3 aromatic carbocycles. The number of rotatable bonds is 7. The van der Waals surface area contributed by atoms with Crippen molar-refractivity contribution in [3.63, 3.8) is 0 Å². The van der Waals surface area contributed by atoms with Gasteiger partial charge in [0.2, 0.25) is 10.0 Å². The van der Waals surface area contributed by atoms with Crippen LogP contribution in [0.4, 0.5) is 4.39 Å². The van der Waals surface area contributed by atoms with Crippen molar-refractivity contribution in [1.82, 2.24) is 14.1 Å². The van der Waals surface area contributed by atoms with Crippen LogP contribution in [0.3, 0.4) is 0 Å². The van der Waals surface area contributed by atoms with Crippen molar-refractivity contribution < 1.29 is 17.6 Å². The van der Waals surface area contributed by atoms with Gasteiger partial charge in [-0.05, 0) is 67.6 Å². The Hall–Kier alpha value is -2.49. The zero-order valence-electron chi connectivity index (χ0n) is 22.3. The van der Waals surface area contributed by atoms with Crippen LogP contribution < -0.4 is 0 Å². The Labute approximate surface area is 245 Å². The molecule has 2 heterocycles. The summed E-state index contributed by atoms with van der Waals surface area (Å²) in [7, 11) is -4.12. The SMILES string of the molecule is CC1(Cc2ccc(Cl)c(Cl)c2)CCCN1C(=O)c1ccc(F)c(S(=O)(=O)N2CCN(Cc3ccccc3)CC2)c1. The van der Waals surface area contributed by atoms with E-state index in [-0.39, 0.29) is 24.6 Å². The van der Waals surface area contributed by atoms with Crippen LogP contribution >= 0.6 is 23.2 Å². The minimum Gasteiger partial charge on any atom is -0.333 e. The van der Waals surface area contributed by atoms with E-state index in [1.807, 2.05) is 43.3 Å². The molecule has 6 nitrogen and oxygen atoms in total. The summed E-state index contributed by atoms with van der Waals surface area (Å²) in [4.78, 5) is 17.2. The number of carbonyl (C=O) groups excluding carboxylic acids is 1. The fourth-order valence-corrected chi connectivity index (χ4v) is 7.57. The van der Waals surface area contributed by atoms with Gasteiger partial charge in [-0.2, -0.15) is 4.31 Å². The highest BCUT2D eigenvalue weighted by atomic mass is 35.5. The third-order valence-electron chi connectivity index (χ3n) is 7.94. The minimum absolute atomic E-state index is 0.157. The molecule has 10 heteroatoms. The van der Waals surface area contributed by atoms with Gasteiger partial charge in [0, 0.05) is 50.4 Å². The molecule has 2 fully saturated rings. The lowest BCUT2D eigenvalue weighted by atomic mass is 9.89. The monoisotopic (exact) mass is 603 g/mol. The summed E-state index contributed by atoms with van der Waals surface area (Å²) in [5, 5.41) is 0.917. The highest BCUT2D eigenvalue weighted by Crippen LogP contribution is 2.35. The van der Waals surface area contributed by atoms with Gasteiger partial charge in [0.25, 0.3) is 5.91 Å². The van der Waals surface area contributed by atoms with Gasteiger partial charge < -0.3 is 4.90 Å². The van der Waals surface area contributed by atoms with Gasteiger partial charge in [0.05, 0.1) is 10.0 Å². The Morgan fingerprint density at radius 2 is 1.62 bits per heavy atom. The predicted molar refractivity (Wildman–Crippen MR) is 156 cm³/mol. The van der Waals surface area contributed by atoms with Crippen LogP contribution in [0, 0.1) is 5.82 Å². The second kappa shape index (κ2) is 11.8.